The SMILES string of the molecule is [B]C1[B]C1([B])CN(C=O)c1ccc(C(=O)N[C@@H](CCC(=O)O)C(=O)O)cc1. The molecule has 1 saturated heterocycles. The smallest absolute Gasteiger partial charge is 0.326 e. The van der Waals surface area contributed by atoms with Gasteiger partial charge >= 0.3 is 11.9 Å². The fraction of sp³-hybridized carbons (Fsp3) is 0.375. The van der Waals surface area contributed by atoms with Gasteiger partial charge in [0, 0.05) is 24.2 Å². The minimum Gasteiger partial charge on any atom is -0.481 e. The second-order valence-corrected chi connectivity index (χ2v) is 6.38. The molecule has 0 aromatic heterocycles. The van der Waals surface area contributed by atoms with Crippen LogP contribution in [-0.2, 0) is 14.4 Å². The number of carbonyl (C=O) groups excluding carboxylic acids is 2. The Morgan fingerprint density at radius 2 is 1.89 bits per heavy atom. The molecular weight excluding hydrogens is 349 g/mol. The molecule has 0 spiro atoms. The summed E-state index contributed by atoms with van der Waals surface area (Å²) < 4.78 is 0. The zero-order valence-electron chi connectivity index (χ0n) is 14.4. The quantitative estimate of drug-likeness (QED) is 0.384. The Morgan fingerprint density at radius 1 is 1.30 bits per heavy atom. The molecule has 2 amide bonds. The first-order valence-corrected chi connectivity index (χ1v) is 8.14. The number of hydrogen-bond donors (Lipinski definition) is 3. The predicted octanol–water partition coefficient (Wildman–Crippen LogP) is -0.386. The van der Waals surface area contributed by atoms with E-state index in [1.807, 2.05) is 0 Å². The summed E-state index contributed by atoms with van der Waals surface area (Å²) in [5.74, 6) is -3.14. The van der Waals surface area contributed by atoms with Gasteiger partial charge in [-0.15, -0.1) is 5.72 Å². The normalized spacial score (nSPS) is 21.4. The Balaban J connectivity index is 2.02. The monoisotopic (exact) mass is 365 g/mol. The van der Waals surface area contributed by atoms with E-state index in [1.165, 1.54) is 29.2 Å². The van der Waals surface area contributed by atoms with Crippen LogP contribution in [0, 0.1) is 0 Å². The van der Waals surface area contributed by atoms with Gasteiger partial charge in [0.2, 0.25) is 6.41 Å². The number of carboxylic acids is 2. The van der Waals surface area contributed by atoms with Gasteiger partial charge in [0.15, 0.2) is 0 Å². The number of rotatable bonds is 10. The van der Waals surface area contributed by atoms with Crippen LogP contribution in [0.15, 0.2) is 24.3 Å². The van der Waals surface area contributed by atoms with E-state index in [9.17, 15) is 19.2 Å². The van der Waals surface area contributed by atoms with E-state index >= 15 is 0 Å². The van der Waals surface area contributed by atoms with E-state index < -0.39 is 29.1 Å². The first-order valence-electron chi connectivity index (χ1n) is 8.14. The molecule has 1 heterocycles. The van der Waals surface area contributed by atoms with Crippen molar-refractivity contribution in [2.45, 2.75) is 29.8 Å². The highest BCUT2D eigenvalue weighted by molar-refractivity contribution is 6.78. The van der Waals surface area contributed by atoms with Crippen molar-refractivity contribution >= 4 is 52.9 Å². The average molecular weight is 365 g/mol. The highest BCUT2D eigenvalue weighted by atomic mass is 16.4. The van der Waals surface area contributed by atoms with Crippen molar-refractivity contribution in [3.63, 3.8) is 0 Å². The third-order valence-corrected chi connectivity index (χ3v) is 4.28. The first-order chi connectivity index (χ1) is 12.7. The summed E-state index contributed by atoms with van der Waals surface area (Å²) in [6.07, 6.45) is -0.0118. The molecule has 1 aliphatic rings. The van der Waals surface area contributed by atoms with Gasteiger partial charge in [-0.25, -0.2) is 4.79 Å². The maximum Gasteiger partial charge on any atom is 0.326 e. The number of carbonyl (C=O) groups is 4. The molecule has 0 bridgehead atoms. The topological polar surface area (TPSA) is 124 Å². The second-order valence-electron chi connectivity index (χ2n) is 6.38. The van der Waals surface area contributed by atoms with Crippen LogP contribution >= 0.6 is 0 Å². The third-order valence-electron chi connectivity index (χ3n) is 4.28. The van der Waals surface area contributed by atoms with Gasteiger partial charge in [0.05, 0.1) is 15.7 Å². The number of nitrogens with zero attached hydrogens (tertiary/aromatic N) is 1. The maximum atomic E-state index is 12.2. The molecule has 1 aromatic carbocycles. The van der Waals surface area contributed by atoms with Gasteiger partial charge in [-0.05, 0) is 30.7 Å². The molecule has 0 saturated carbocycles. The van der Waals surface area contributed by atoms with E-state index in [1.54, 1.807) is 7.28 Å². The van der Waals surface area contributed by atoms with Crippen molar-refractivity contribution in [1.82, 2.24) is 5.32 Å². The predicted molar refractivity (Wildman–Crippen MR) is 99.3 cm³/mol. The first kappa shape index (κ1) is 20.6. The van der Waals surface area contributed by atoms with E-state index in [2.05, 4.69) is 5.32 Å². The molecule has 8 nitrogen and oxygen atoms in total. The average Bonchev–Trinajstić information content (AvgIpc) is 3.22. The zero-order chi connectivity index (χ0) is 20.2. The zero-order valence-corrected chi connectivity index (χ0v) is 14.4. The lowest BCUT2D eigenvalue weighted by Gasteiger charge is -2.23. The minimum atomic E-state index is -1.32. The van der Waals surface area contributed by atoms with Crippen LogP contribution < -0.4 is 10.2 Å². The third kappa shape index (κ3) is 5.38. The molecule has 0 aliphatic carbocycles. The van der Waals surface area contributed by atoms with Crippen LogP contribution in [0.25, 0.3) is 0 Å². The highest BCUT2D eigenvalue weighted by Crippen LogP contribution is 2.51. The summed E-state index contributed by atoms with van der Waals surface area (Å²) in [5.41, 5.74) is 0.381. The molecule has 3 atom stereocenters. The summed E-state index contributed by atoms with van der Waals surface area (Å²) in [6.45, 7) is 0.194. The van der Waals surface area contributed by atoms with E-state index in [0.717, 1.165) is 0 Å². The minimum absolute atomic E-state index is 0.170. The fourth-order valence-electron chi connectivity index (χ4n) is 2.50. The van der Waals surface area contributed by atoms with Crippen LogP contribution in [0.1, 0.15) is 23.2 Å². The Kier molecular flexibility index (Phi) is 6.35. The Labute approximate surface area is 159 Å². The number of carboxylic acid groups (broad SMARTS) is 2. The fourth-order valence-corrected chi connectivity index (χ4v) is 2.50. The summed E-state index contributed by atoms with van der Waals surface area (Å²) >= 11 is 0. The molecule has 1 aliphatic heterocycles. The van der Waals surface area contributed by atoms with Gasteiger partial charge in [-0.1, -0.05) is 5.21 Å². The Morgan fingerprint density at radius 3 is 2.33 bits per heavy atom. The van der Waals surface area contributed by atoms with E-state index in [0.29, 0.717) is 12.1 Å². The number of nitrogens with one attached hydrogen (secondary N) is 1. The number of hydrogen-bond acceptors (Lipinski definition) is 4. The van der Waals surface area contributed by atoms with Gasteiger partial charge in [-0.2, -0.15) is 0 Å². The van der Waals surface area contributed by atoms with Crippen molar-refractivity contribution < 1.29 is 29.4 Å². The number of benzene rings is 1. The molecule has 1 aromatic rings. The van der Waals surface area contributed by atoms with Gasteiger partial charge in [0.1, 0.15) is 13.3 Å². The Bertz CT molecular complexity index is 744. The van der Waals surface area contributed by atoms with Crippen molar-refractivity contribution in [2.24, 2.45) is 0 Å². The maximum absolute atomic E-state index is 12.2. The molecule has 2 rings (SSSR count). The van der Waals surface area contributed by atoms with Crippen LogP contribution in [-0.4, -0.2) is 70.0 Å². The van der Waals surface area contributed by atoms with Crippen molar-refractivity contribution in [2.75, 3.05) is 11.4 Å². The van der Waals surface area contributed by atoms with Crippen molar-refractivity contribution in [3.05, 3.63) is 29.8 Å². The number of anilines is 1. The Hall–Kier alpha value is -2.71. The van der Waals surface area contributed by atoms with Gasteiger partial charge < -0.3 is 20.4 Å². The number of aliphatic carboxylic acids is 2. The van der Waals surface area contributed by atoms with Gasteiger partial charge in [0.25, 0.3) is 5.91 Å². The van der Waals surface area contributed by atoms with E-state index in [4.69, 9.17) is 25.9 Å². The molecule has 3 N–H and O–H groups in total. The van der Waals surface area contributed by atoms with E-state index in [-0.39, 0.29) is 30.7 Å². The molecule has 5 radical (unpaired) electrons. The van der Waals surface area contributed by atoms with Crippen molar-refractivity contribution in [3.8, 4) is 0 Å². The molecular formula is C16H16B3N2O6. The largest absolute Gasteiger partial charge is 0.481 e. The summed E-state index contributed by atoms with van der Waals surface area (Å²) in [4.78, 5) is 46.6. The van der Waals surface area contributed by atoms with Gasteiger partial charge in [-0.3, -0.25) is 14.4 Å². The second kappa shape index (κ2) is 8.32. The van der Waals surface area contributed by atoms with Crippen LogP contribution in [0.3, 0.4) is 0 Å². The summed E-state index contributed by atoms with van der Waals surface area (Å²) in [7, 11) is 13.4. The molecule has 135 valence electrons. The standard InChI is InChI=1S/C16H16B3N2O6/c17-15-16(18,19-15)7-21(8-22)10-3-1-9(2-4-10)13(25)20-11(14(26)27)5-6-12(23)24/h1-4,8,11,15H,5-7H2,(H,20,25)(H,23,24)(H,26,27)/t11-,15?,16?/m0/s1. The molecule has 11 heteroatoms. The lowest BCUT2D eigenvalue weighted by atomic mass is 9.70. The van der Waals surface area contributed by atoms with Crippen LogP contribution in [0.4, 0.5) is 5.69 Å². The summed E-state index contributed by atoms with van der Waals surface area (Å²) in [5, 5.41) is 19.3. The highest BCUT2D eigenvalue weighted by Gasteiger charge is 2.47. The lowest BCUT2D eigenvalue weighted by Crippen LogP contribution is -2.41. The summed E-state index contributed by atoms with van der Waals surface area (Å²) in [6, 6.07) is 4.58. The molecule has 1 fully saturated rings. The van der Waals surface area contributed by atoms with Crippen molar-refractivity contribution in [1.29, 1.82) is 0 Å². The number of amides is 2. The van der Waals surface area contributed by atoms with Crippen LogP contribution in [0.5, 0.6) is 0 Å². The molecule has 2 unspecified atom stereocenters. The molecule has 27 heavy (non-hydrogen) atoms. The van der Waals surface area contributed by atoms with Crippen LogP contribution in [0.2, 0.25) is 10.9 Å². The lowest BCUT2D eigenvalue weighted by molar-refractivity contribution is -0.140.